The normalized spacial score (nSPS) is 18.8. The number of imide groups is 1. The van der Waals surface area contributed by atoms with E-state index in [2.05, 4.69) is 15.5 Å². The molecule has 1 aliphatic rings. The molecule has 0 bridgehead atoms. The Balaban J connectivity index is 1.65. The molecule has 1 N–H and O–H groups in total. The van der Waals surface area contributed by atoms with E-state index >= 15 is 0 Å². The molecule has 1 saturated heterocycles. The van der Waals surface area contributed by atoms with Crippen molar-refractivity contribution in [1.82, 2.24) is 20.1 Å². The molecule has 8 heteroatoms. The lowest BCUT2D eigenvalue weighted by atomic mass is 9.87. The smallest absolute Gasteiger partial charge is 0.318 e. The molecule has 158 valence electrons. The lowest BCUT2D eigenvalue weighted by molar-refractivity contribution is -0.131. The zero-order chi connectivity index (χ0) is 22.2. The summed E-state index contributed by atoms with van der Waals surface area (Å²) < 4.78 is 14.9. The molecule has 1 atom stereocenters. The Hall–Kier alpha value is -3.81. The maximum absolute atomic E-state index is 13.2. The highest BCUT2D eigenvalue weighted by Gasteiger charge is 2.51. The first-order valence-electron chi connectivity index (χ1n) is 9.95. The van der Waals surface area contributed by atoms with Crippen molar-refractivity contribution in [2.24, 2.45) is 5.10 Å². The van der Waals surface area contributed by atoms with Gasteiger partial charge in [0.25, 0.3) is 5.91 Å². The van der Waals surface area contributed by atoms with Gasteiger partial charge in [-0.05, 0) is 50.1 Å². The summed E-state index contributed by atoms with van der Waals surface area (Å²) in [6.07, 6.45) is 1.86. The Labute approximate surface area is 179 Å². The second-order valence-electron chi connectivity index (χ2n) is 7.39. The number of amides is 3. The topological polar surface area (TPSA) is 79.6 Å². The minimum atomic E-state index is -1.14. The van der Waals surface area contributed by atoms with E-state index in [1.54, 1.807) is 23.7 Å². The molecular formula is C23H22FN5O2. The first kappa shape index (κ1) is 20.5. The first-order chi connectivity index (χ1) is 14.9. The fourth-order valence-electron chi connectivity index (χ4n) is 3.82. The van der Waals surface area contributed by atoms with Gasteiger partial charge in [-0.1, -0.05) is 37.3 Å². The summed E-state index contributed by atoms with van der Waals surface area (Å²) in [5, 5.41) is 12.4. The van der Waals surface area contributed by atoms with Crippen molar-refractivity contribution in [2.75, 3.05) is 0 Å². The zero-order valence-electron chi connectivity index (χ0n) is 17.5. The van der Waals surface area contributed by atoms with Gasteiger partial charge in [0.15, 0.2) is 0 Å². The number of nitrogens with zero attached hydrogens (tertiary/aromatic N) is 4. The number of hydrazone groups is 1. The summed E-state index contributed by atoms with van der Waals surface area (Å²) in [5.74, 6) is -0.757. The van der Waals surface area contributed by atoms with Crippen molar-refractivity contribution in [1.29, 1.82) is 0 Å². The number of aromatic nitrogens is 2. The largest absolute Gasteiger partial charge is 0.346 e. The number of hydrogen-bond acceptors (Lipinski definition) is 4. The second-order valence-corrected chi connectivity index (χ2v) is 7.39. The Morgan fingerprint density at radius 1 is 1.10 bits per heavy atom. The molecule has 0 spiro atoms. The Morgan fingerprint density at radius 2 is 1.77 bits per heavy atom. The van der Waals surface area contributed by atoms with Crippen molar-refractivity contribution in [3.8, 4) is 5.69 Å². The number of rotatable bonds is 5. The van der Waals surface area contributed by atoms with Crippen LogP contribution in [0.1, 0.15) is 35.9 Å². The summed E-state index contributed by atoms with van der Waals surface area (Å²) in [4.78, 5) is 25.8. The monoisotopic (exact) mass is 419 g/mol. The van der Waals surface area contributed by atoms with Crippen molar-refractivity contribution < 1.29 is 14.0 Å². The lowest BCUT2D eigenvalue weighted by Gasteiger charge is -2.24. The minimum Gasteiger partial charge on any atom is -0.318 e. The van der Waals surface area contributed by atoms with Crippen LogP contribution in [0.15, 0.2) is 59.7 Å². The van der Waals surface area contributed by atoms with Crippen LogP contribution in [0, 0.1) is 19.7 Å². The quantitative estimate of drug-likeness (QED) is 0.504. The summed E-state index contributed by atoms with van der Waals surface area (Å²) in [6, 6.07) is 14.5. The predicted octanol–water partition coefficient (Wildman–Crippen LogP) is 3.82. The fourth-order valence-corrected chi connectivity index (χ4v) is 3.82. The van der Waals surface area contributed by atoms with E-state index < -0.39 is 17.5 Å². The summed E-state index contributed by atoms with van der Waals surface area (Å²) in [6.45, 7) is 5.50. The lowest BCUT2D eigenvalue weighted by Crippen LogP contribution is -2.43. The third kappa shape index (κ3) is 3.39. The number of urea groups is 1. The van der Waals surface area contributed by atoms with E-state index in [1.807, 2.05) is 44.2 Å². The molecule has 2 aromatic carbocycles. The van der Waals surface area contributed by atoms with Crippen LogP contribution in [0.2, 0.25) is 0 Å². The molecule has 0 aliphatic carbocycles. The first-order valence-corrected chi connectivity index (χ1v) is 9.95. The maximum Gasteiger partial charge on any atom is 0.346 e. The number of benzene rings is 2. The number of halogens is 1. The zero-order valence-corrected chi connectivity index (χ0v) is 17.5. The van der Waals surface area contributed by atoms with Crippen LogP contribution < -0.4 is 5.32 Å². The molecule has 4 rings (SSSR count). The van der Waals surface area contributed by atoms with Gasteiger partial charge in [0, 0.05) is 5.56 Å². The van der Waals surface area contributed by atoms with Crippen LogP contribution in [0.4, 0.5) is 9.18 Å². The van der Waals surface area contributed by atoms with Crippen molar-refractivity contribution in [3.05, 3.63) is 82.9 Å². The summed E-state index contributed by atoms with van der Waals surface area (Å²) >= 11 is 0. The molecular weight excluding hydrogens is 397 g/mol. The van der Waals surface area contributed by atoms with E-state index in [9.17, 15) is 14.0 Å². The van der Waals surface area contributed by atoms with Crippen molar-refractivity contribution in [3.63, 3.8) is 0 Å². The van der Waals surface area contributed by atoms with E-state index in [0.717, 1.165) is 10.7 Å². The van der Waals surface area contributed by atoms with Gasteiger partial charge in [-0.3, -0.25) is 4.79 Å². The molecule has 1 fully saturated rings. The van der Waals surface area contributed by atoms with Gasteiger partial charge in [-0.25, -0.2) is 13.9 Å². The standard InChI is InChI=1S/C23H22FN5O2/c1-4-23(17-8-6-5-7-9-17)21(30)29(22(31)26-23)25-14-20-15(2)27-28(16(20)3)19-12-10-18(24)11-13-19/h5-14H,4H2,1-3H3,(H,26,31)/t23-/m1/s1. The molecule has 3 aromatic rings. The third-order valence-electron chi connectivity index (χ3n) is 5.59. The van der Waals surface area contributed by atoms with Crippen molar-refractivity contribution >= 4 is 18.2 Å². The molecule has 2 heterocycles. The number of aryl methyl sites for hydroxylation is 1. The molecule has 0 radical (unpaired) electrons. The van der Waals surface area contributed by atoms with Gasteiger partial charge >= 0.3 is 6.03 Å². The predicted molar refractivity (Wildman–Crippen MR) is 114 cm³/mol. The average molecular weight is 419 g/mol. The highest BCUT2D eigenvalue weighted by molar-refractivity contribution is 6.07. The minimum absolute atomic E-state index is 0.330. The number of nitrogens with one attached hydrogen (secondary N) is 1. The Bertz CT molecular complexity index is 1170. The SMILES string of the molecule is CC[C@]1(c2ccccc2)NC(=O)N(N=Cc2c(C)nn(-c3ccc(F)cc3)c2C)C1=O. The van der Waals surface area contributed by atoms with Crippen LogP contribution in [0.5, 0.6) is 0 Å². The number of carbonyl (C=O) groups is 2. The molecule has 31 heavy (non-hydrogen) atoms. The number of hydrogen-bond donors (Lipinski definition) is 1. The van der Waals surface area contributed by atoms with Gasteiger partial charge in [0.2, 0.25) is 0 Å². The van der Waals surface area contributed by atoms with Gasteiger partial charge in [-0.2, -0.15) is 10.2 Å². The Kier molecular flexibility index (Phi) is 5.14. The molecule has 3 amide bonds. The average Bonchev–Trinajstić information content (AvgIpc) is 3.20. The van der Waals surface area contributed by atoms with Crippen molar-refractivity contribution in [2.45, 2.75) is 32.7 Å². The fraction of sp³-hybridized carbons (Fsp3) is 0.217. The highest BCUT2D eigenvalue weighted by atomic mass is 19.1. The van der Waals surface area contributed by atoms with Gasteiger partial charge in [0.05, 0.1) is 23.3 Å². The molecule has 0 saturated carbocycles. The molecule has 1 aliphatic heterocycles. The molecule has 7 nitrogen and oxygen atoms in total. The van der Waals surface area contributed by atoms with E-state index in [0.29, 0.717) is 28.9 Å². The van der Waals surface area contributed by atoms with Crippen LogP contribution in [-0.4, -0.2) is 32.9 Å². The second kappa shape index (κ2) is 7.79. The van der Waals surface area contributed by atoms with Gasteiger partial charge in [0.1, 0.15) is 11.4 Å². The van der Waals surface area contributed by atoms with Crippen LogP contribution in [0.3, 0.4) is 0 Å². The molecule has 1 aromatic heterocycles. The van der Waals surface area contributed by atoms with E-state index in [1.165, 1.54) is 18.3 Å². The van der Waals surface area contributed by atoms with Gasteiger partial charge < -0.3 is 5.32 Å². The summed E-state index contributed by atoms with van der Waals surface area (Å²) in [5.41, 5.74) is 2.37. The van der Waals surface area contributed by atoms with E-state index in [-0.39, 0.29) is 5.82 Å². The van der Waals surface area contributed by atoms with Crippen LogP contribution in [0.25, 0.3) is 5.69 Å². The number of carbonyl (C=O) groups excluding carboxylic acids is 2. The van der Waals surface area contributed by atoms with Gasteiger partial charge in [-0.15, -0.1) is 5.01 Å². The van der Waals surface area contributed by atoms with E-state index in [4.69, 9.17) is 0 Å². The highest BCUT2D eigenvalue weighted by Crippen LogP contribution is 2.32. The van der Waals surface area contributed by atoms with Crippen LogP contribution in [-0.2, 0) is 10.3 Å². The maximum atomic E-state index is 13.2. The van der Waals surface area contributed by atoms with Crippen LogP contribution >= 0.6 is 0 Å². The Morgan fingerprint density at radius 3 is 2.42 bits per heavy atom. The molecule has 0 unspecified atom stereocenters. The third-order valence-corrected chi connectivity index (χ3v) is 5.59. The summed E-state index contributed by atoms with van der Waals surface area (Å²) in [7, 11) is 0.